The number of halogens is 3. The topological polar surface area (TPSA) is 72.0 Å². The summed E-state index contributed by atoms with van der Waals surface area (Å²) in [6.45, 7) is 2.99. The van der Waals surface area contributed by atoms with Crippen molar-refractivity contribution in [2.45, 2.75) is 30.4 Å². The van der Waals surface area contributed by atoms with E-state index >= 15 is 0 Å². The Morgan fingerprint density at radius 1 is 1.00 bits per heavy atom. The van der Waals surface area contributed by atoms with E-state index in [1.54, 1.807) is 61.5 Å². The Labute approximate surface area is 181 Å². The fraction of sp³-hybridized carbons (Fsp3) is 0.182. The molecule has 1 atom stereocenters. The van der Waals surface area contributed by atoms with E-state index in [0.717, 1.165) is 17.8 Å². The smallest absolute Gasteiger partial charge is 0.325 e. The first-order chi connectivity index (χ1) is 14.6. The molecule has 3 aromatic rings. The molecule has 0 fully saturated rings. The molecule has 0 aliphatic rings. The van der Waals surface area contributed by atoms with Crippen molar-refractivity contribution in [3.63, 3.8) is 0 Å². The molecular formula is C22H18F3N3O2S. The predicted octanol–water partition coefficient (Wildman–Crippen LogP) is 5.48. The zero-order chi connectivity index (χ0) is 22.6. The first kappa shape index (κ1) is 22.5. The van der Waals surface area contributed by atoms with Crippen molar-refractivity contribution in [1.82, 2.24) is 9.97 Å². The van der Waals surface area contributed by atoms with Crippen LogP contribution < -0.4 is 5.32 Å². The highest BCUT2D eigenvalue weighted by atomic mass is 32.2. The third kappa shape index (κ3) is 5.91. The highest BCUT2D eigenvalue weighted by Crippen LogP contribution is 2.33. The van der Waals surface area contributed by atoms with Gasteiger partial charge in [0.25, 0.3) is 0 Å². The van der Waals surface area contributed by atoms with Crippen molar-refractivity contribution in [3.05, 3.63) is 71.9 Å². The summed E-state index contributed by atoms with van der Waals surface area (Å²) in [6.07, 6.45) is -4.65. The molecule has 2 aromatic carbocycles. The molecule has 5 nitrogen and oxygen atoms in total. The Morgan fingerprint density at radius 3 is 2.23 bits per heavy atom. The van der Waals surface area contributed by atoms with Crippen LogP contribution in [0.5, 0.6) is 0 Å². The molecule has 1 amide bonds. The fourth-order valence-corrected chi connectivity index (χ4v) is 3.41. The van der Waals surface area contributed by atoms with Gasteiger partial charge in [0, 0.05) is 16.8 Å². The summed E-state index contributed by atoms with van der Waals surface area (Å²) in [4.78, 5) is 31.6. The second-order valence-electron chi connectivity index (χ2n) is 6.67. The van der Waals surface area contributed by atoms with Crippen molar-refractivity contribution in [2.24, 2.45) is 0 Å². The van der Waals surface area contributed by atoms with Gasteiger partial charge in [0.15, 0.2) is 10.9 Å². The number of hydrogen-bond acceptors (Lipinski definition) is 5. The predicted molar refractivity (Wildman–Crippen MR) is 113 cm³/mol. The molecule has 0 saturated heterocycles. The van der Waals surface area contributed by atoms with Gasteiger partial charge in [0.2, 0.25) is 5.91 Å². The highest BCUT2D eigenvalue weighted by Gasteiger charge is 2.34. The number of nitrogens with zero attached hydrogens (tertiary/aromatic N) is 2. The molecule has 160 valence electrons. The van der Waals surface area contributed by atoms with Crippen LogP contribution in [0, 0.1) is 0 Å². The lowest BCUT2D eigenvalue weighted by Crippen LogP contribution is -2.23. The number of nitrogens with one attached hydrogen (secondary N) is 1. The van der Waals surface area contributed by atoms with Crippen LogP contribution in [0.15, 0.2) is 65.8 Å². The molecule has 0 radical (unpaired) electrons. The first-order valence-electron chi connectivity index (χ1n) is 9.23. The van der Waals surface area contributed by atoms with E-state index in [-0.39, 0.29) is 16.6 Å². The van der Waals surface area contributed by atoms with Gasteiger partial charge in [-0.1, -0.05) is 42.1 Å². The fourth-order valence-electron chi connectivity index (χ4n) is 2.62. The maximum Gasteiger partial charge on any atom is 0.433 e. The minimum atomic E-state index is -4.65. The molecule has 0 aliphatic heterocycles. The number of thioether (sulfide) groups is 1. The average molecular weight is 445 g/mol. The molecule has 0 aliphatic carbocycles. The number of anilines is 1. The number of carbonyl (C=O) groups is 2. The third-order valence-electron chi connectivity index (χ3n) is 4.28. The summed E-state index contributed by atoms with van der Waals surface area (Å²) in [5, 5.41) is 1.76. The number of ketones is 1. The van der Waals surface area contributed by atoms with Crippen LogP contribution in [0.25, 0.3) is 11.3 Å². The highest BCUT2D eigenvalue weighted by molar-refractivity contribution is 8.00. The summed E-state index contributed by atoms with van der Waals surface area (Å²) in [5.41, 5.74) is 0.540. The number of rotatable bonds is 6. The SMILES string of the molecule is CC(=O)c1ccc(NC(=O)[C@@H](C)Sc2nc(-c3ccccc3)cc(C(F)(F)F)n2)cc1. The van der Waals surface area contributed by atoms with Crippen LogP contribution in [0.1, 0.15) is 29.9 Å². The molecule has 0 saturated carbocycles. The lowest BCUT2D eigenvalue weighted by molar-refractivity contribution is -0.141. The number of aromatic nitrogens is 2. The van der Waals surface area contributed by atoms with E-state index in [1.165, 1.54) is 6.92 Å². The zero-order valence-electron chi connectivity index (χ0n) is 16.6. The largest absolute Gasteiger partial charge is 0.433 e. The lowest BCUT2D eigenvalue weighted by atomic mass is 10.1. The number of amides is 1. The van der Waals surface area contributed by atoms with E-state index in [1.807, 2.05) is 0 Å². The molecule has 3 rings (SSSR count). The number of alkyl halides is 3. The minimum absolute atomic E-state index is 0.0993. The molecule has 1 aromatic heterocycles. The Bertz CT molecular complexity index is 1090. The zero-order valence-corrected chi connectivity index (χ0v) is 17.4. The van der Waals surface area contributed by atoms with Gasteiger partial charge < -0.3 is 5.32 Å². The van der Waals surface area contributed by atoms with Crippen LogP contribution in [-0.2, 0) is 11.0 Å². The van der Waals surface area contributed by atoms with Gasteiger partial charge in [-0.25, -0.2) is 9.97 Å². The van der Waals surface area contributed by atoms with E-state index in [2.05, 4.69) is 15.3 Å². The van der Waals surface area contributed by atoms with E-state index < -0.39 is 23.0 Å². The monoisotopic (exact) mass is 445 g/mol. The second-order valence-corrected chi connectivity index (χ2v) is 7.98. The molecule has 9 heteroatoms. The molecular weight excluding hydrogens is 427 g/mol. The van der Waals surface area contributed by atoms with Crippen LogP contribution in [0.2, 0.25) is 0 Å². The van der Waals surface area contributed by atoms with Crippen LogP contribution >= 0.6 is 11.8 Å². The van der Waals surface area contributed by atoms with E-state index in [9.17, 15) is 22.8 Å². The van der Waals surface area contributed by atoms with Gasteiger partial charge in [-0.3, -0.25) is 9.59 Å². The van der Waals surface area contributed by atoms with Gasteiger partial charge in [0.1, 0.15) is 5.69 Å². The normalized spacial score (nSPS) is 12.3. The van der Waals surface area contributed by atoms with Gasteiger partial charge >= 0.3 is 6.18 Å². The van der Waals surface area contributed by atoms with Crippen LogP contribution in [0.4, 0.5) is 18.9 Å². The van der Waals surface area contributed by atoms with Gasteiger partial charge in [-0.05, 0) is 44.2 Å². The molecule has 1 N–H and O–H groups in total. The number of Topliss-reactive ketones (excluding diaryl/α,β-unsaturated/α-hetero) is 1. The first-order valence-corrected chi connectivity index (χ1v) is 10.1. The molecule has 0 unspecified atom stereocenters. The van der Waals surface area contributed by atoms with Crippen molar-refractivity contribution in [1.29, 1.82) is 0 Å². The lowest BCUT2D eigenvalue weighted by Gasteiger charge is -2.14. The summed E-state index contributed by atoms with van der Waals surface area (Å²) in [6, 6.07) is 15.7. The maximum atomic E-state index is 13.3. The minimum Gasteiger partial charge on any atom is -0.325 e. The summed E-state index contributed by atoms with van der Waals surface area (Å²) >= 11 is 0.830. The Morgan fingerprint density at radius 2 is 1.65 bits per heavy atom. The number of carbonyl (C=O) groups excluding carboxylic acids is 2. The summed E-state index contributed by atoms with van der Waals surface area (Å²) < 4.78 is 40.0. The average Bonchev–Trinajstić information content (AvgIpc) is 2.74. The number of benzene rings is 2. The van der Waals surface area contributed by atoms with Crippen molar-refractivity contribution in [3.8, 4) is 11.3 Å². The second kappa shape index (κ2) is 9.30. The van der Waals surface area contributed by atoms with Crippen LogP contribution in [-0.4, -0.2) is 26.9 Å². The molecule has 31 heavy (non-hydrogen) atoms. The molecule has 1 heterocycles. The van der Waals surface area contributed by atoms with E-state index in [0.29, 0.717) is 16.8 Å². The van der Waals surface area contributed by atoms with E-state index in [4.69, 9.17) is 0 Å². The van der Waals surface area contributed by atoms with Gasteiger partial charge in [0.05, 0.1) is 10.9 Å². The summed E-state index contributed by atoms with van der Waals surface area (Å²) in [7, 11) is 0. The Kier molecular flexibility index (Phi) is 6.74. The summed E-state index contributed by atoms with van der Waals surface area (Å²) in [5.74, 6) is -0.527. The third-order valence-corrected chi connectivity index (χ3v) is 5.24. The van der Waals surface area contributed by atoms with Gasteiger partial charge in [-0.2, -0.15) is 13.2 Å². The number of hydrogen-bond donors (Lipinski definition) is 1. The Balaban J connectivity index is 1.80. The van der Waals surface area contributed by atoms with Crippen LogP contribution in [0.3, 0.4) is 0 Å². The van der Waals surface area contributed by atoms with Crippen molar-refractivity contribution >= 4 is 29.1 Å². The van der Waals surface area contributed by atoms with Crippen molar-refractivity contribution < 1.29 is 22.8 Å². The maximum absolute atomic E-state index is 13.3. The molecule has 0 bridgehead atoms. The molecule has 0 spiro atoms. The van der Waals surface area contributed by atoms with Gasteiger partial charge in [-0.15, -0.1) is 0 Å². The Hall–Kier alpha value is -3.20. The quantitative estimate of drug-likeness (QED) is 0.309. The standard InChI is InChI=1S/C22H18F3N3O2S/c1-13(29)15-8-10-17(11-9-15)26-20(30)14(2)31-21-27-18(16-6-4-3-5-7-16)12-19(28-21)22(23,24)25/h3-12,14H,1-2H3,(H,26,30)/t14-/m1/s1. The van der Waals surface area contributed by atoms with Crippen molar-refractivity contribution in [2.75, 3.05) is 5.32 Å².